The van der Waals surface area contributed by atoms with Gasteiger partial charge in [-0.05, 0) is 55.4 Å². The van der Waals surface area contributed by atoms with Crippen LogP contribution in [0.3, 0.4) is 0 Å². The van der Waals surface area contributed by atoms with Gasteiger partial charge in [0.1, 0.15) is 5.82 Å². The summed E-state index contributed by atoms with van der Waals surface area (Å²) >= 11 is 3.34. The summed E-state index contributed by atoms with van der Waals surface area (Å²) in [6.45, 7) is 0.472. The van der Waals surface area contributed by atoms with E-state index in [4.69, 9.17) is 0 Å². The molecule has 0 bridgehead atoms. The lowest BCUT2D eigenvalue weighted by Crippen LogP contribution is -2.43. The summed E-state index contributed by atoms with van der Waals surface area (Å²) < 4.78 is 14.5. The summed E-state index contributed by atoms with van der Waals surface area (Å²) in [5, 5.41) is 6.41. The number of hydrogen-bond acceptors (Lipinski definition) is 2. The van der Waals surface area contributed by atoms with Crippen LogP contribution in [0.5, 0.6) is 0 Å². The first-order chi connectivity index (χ1) is 10.6. The van der Waals surface area contributed by atoms with Crippen molar-refractivity contribution in [2.45, 2.75) is 50.6 Å². The summed E-state index contributed by atoms with van der Waals surface area (Å²) in [4.78, 5) is 12.3. The highest BCUT2D eigenvalue weighted by Crippen LogP contribution is 2.33. The molecule has 1 aromatic carbocycles. The average Bonchev–Trinajstić information content (AvgIpc) is 2.94. The van der Waals surface area contributed by atoms with Gasteiger partial charge in [0.2, 0.25) is 5.91 Å². The molecule has 1 amide bonds. The van der Waals surface area contributed by atoms with Crippen LogP contribution in [0.25, 0.3) is 0 Å². The molecule has 6 heteroatoms. The quantitative estimate of drug-likeness (QED) is 0.804. The van der Waals surface area contributed by atoms with E-state index in [2.05, 4.69) is 26.6 Å². The Labute approximate surface area is 151 Å². The van der Waals surface area contributed by atoms with Crippen molar-refractivity contribution in [3.8, 4) is 0 Å². The van der Waals surface area contributed by atoms with Crippen LogP contribution in [0, 0.1) is 11.7 Å². The van der Waals surface area contributed by atoms with Gasteiger partial charge >= 0.3 is 0 Å². The fraction of sp³-hybridized carbons (Fsp3) is 0.588. The van der Waals surface area contributed by atoms with Crippen LogP contribution in [-0.2, 0) is 11.2 Å². The van der Waals surface area contributed by atoms with Crippen LogP contribution in [0.1, 0.15) is 37.7 Å². The number of benzene rings is 1. The molecule has 1 aliphatic carbocycles. The van der Waals surface area contributed by atoms with E-state index in [1.807, 2.05) is 0 Å². The number of carbonyl (C=O) groups is 1. The SMILES string of the molecule is Cl.O=C(NCCc1cc(Br)ccc1F)C1CC2CCCCC2N1. The van der Waals surface area contributed by atoms with Crippen molar-refractivity contribution in [3.63, 3.8) is 0 Å². The van der Waals surface area contributed by atoms with Gasteiger partial charge in [-0.2, -0.15) is 0 Å². The Bertz CT molecular complexity index is 543. The number of carbonyl (C=O) groups excluding carboxylic acids is 1. The smallest absolute Gasteiger partial charge is 0.237 e. The molecule has 3 nitrogen and oxygen atoms in total. The van der Waals surface area contributed by atoms with Crippen molar-refractivity contribution in [2.75, 3.05) is 6.54 Å². The Hall–Kier alpha value is -0.650. The van der Waals surface area contributed by atoms with Crippen molar-refractivity contribution in [3.05, 3.63) is 34.1 Å². The van der Waals surface area contributed by atoms with Gasteiger partial charge in [0.25, 0.3) is 0 Å². The van der Waals surface area contributed by atoms with Crippen LogP contribution in [0.15, 0.2) is 22.7 Å². The van der Waals surface area contributed by atoms with E-state index >= 15 is 0 Å². The van der Waals surface area contributed by atoms with Gasteiger partial charge in [0.15, 0.2) is 0 Å². The zero-order valence-electron chi connectivity index (χ0n) is 13.0. The second-order valence-electron chi connectivity index (χ2n) is 6.38. The molecule has 2 aliphatic rings. The molecule has 1 aliphatic heterocycles. The minimum atomic E-state index is -0.220. The molecule has 2 fully saturated rings. The topological polar surface area (TPSA) is 41.1 Å². The second-order valence-corrected chi connectivity index (χ2v) is 7.30. The van der Waals surface area contributed by atoms with E-state index in [0.717, 1.165) is 10.9 Å². The molecule has 3 rings (SSSR count). The molecule has 0 spiro atoms. The first-order valence-electron chi connectivity index (χ1n) is 8.11. The highest BCUT2D eigenvalue weighted by atomic mass is 79.9. The summed E-state index contributed by atoms with van der Waals surface area (Å²) in [5.41, 5.74) is 0.628. The lowest BCUT2D eigenvalue weighted by molar-refractivity contribution is -0.122. The highest BCUT2D eigenvalue weighted by Gasteiger charge is 2.37. The highest BCUT2D eigenvalue weighted by molar-refractivity contribution is 9.10. The molecule has 2 N–H and O–H groups in total. The number of fused-ring (bicyclic) bond motifs is 1. The number of hydrogen-bond donors (Lipinski definition) is 2. The van der Waals surface area contributed by atoms with Crippen molar-refractivity contribution in [1.82, 2.24) is 10.6 Å². The van der Waals surface area contributed by atoms with Crippen LogP contribution in [0.4, 0.5) is 4.39 Å². The predicted molar refractivity (Wildman–Crippen MR) is 95.3 cm³/mol. The number of halogens is 3. The van der Waals surface area contributed by atoms with Crippen LogP contribution < -0.4 is 10.6 Å². The maximum atomic E-state index is 13.7. The molecular formula is C17H23BrClFN2O. The first kappa shape index (κ1) is 18.7. The molecule has 128 valence electrons. The van der Waals surface area contributed by atoms with Crippen molar-refractivity contribution < 1.29 is 9.18 Å². The van der Waals surface area contributed by atoms with E-state index in [1.54, 1.807) is 12.1 Å². The zero-order valence-corrected chi connectivity index (χ0v) is 15.4. The van der Waals surface area contributed by atoms with Gasteiger partial charge in [0, 0.05) is 17.1 Å². The Morgan fingerprint density at radius 1 is 1.35 bits per heavy atom. The molecule has 3 unspecified atom stereocenters. The van der Waals surface area contributed by atoms with Crippen molar-refractivity contribution in [1.29, 1.82) is 0 Å². The van der Waals surface area contributed by atoms with E-state index in [1.165, 1.54) is 31.7 Å². The predicted octanol–water partition coefficient (Wildman–Crippen LogP) is 3.59. The Morgan fingerprint density at radius 2 is 2.13 bits per heavy atom. The van der Waals surface area contributed by atoms with Gasteiger partial charge in [-0.15, -0.1) is 12.4 Å². The maximum absolute atomic E-state index is 13.7. The summed E-state index contributed by atoms with van der Waals surface area (Å²) in [6.07, 6.45) is 6.45. The molecule has 1 heterocycles. The third kappa shape index (κ3) is 4.68. The van der Waals surface area contributed by atoms with Crippen LogP contribution >= 0.6 is 28.3 Å². The van der Waals surface area contributed by atoms with E-state index in [-0.39, 0.29) is 30.2 Å². The summed E-state index contributed by atoms with van der Waals surface area (Å²) in [6, 6.07) is 5.35. The average molecular weight is 406 g/mol. The molecule has 1 saturated heterocycles. The zero-order chi connectivity index (χ0) is 15.5. The minimum Gasteiger partial charge on any atom is -0.354 e. The fourth-order valence-corrected chi connectivity index (χ4v) is 4.11. The Morgan fingerprint density at radius 3 is 2.91 bits per heavy atom. The third-order valence-electron chi connectivity index (χ3n) is 4.88. The number of amides is 1. The first-order valence-corrected chi connectivity index (χ1v) is 8.90. The lowest BCUT2D eigenvalue weighted by Gasteiger charge is -2.24. The van der Waals surface area contributed by atoms with E-state index < -0.39 is 0 Å². The minimum absolute atomic E-state index is 0. The Kier molecular flexibility index (Phi) is 6.86. The van der Waals surface area contributed by atoms with E-state index in [9.17, 15) is 9.18 Å². The van der Waals surface area contributed by atoms with Gasteiger partial charge in [-0.25, -0.2) is 4.39 Å². The standard InChI is InChI=1S/C17H22BrFN2O.ClH/c18-13-5-6-14(19)11(9-13)7-8-20-17(22)16-10-12-3-1-2-4-15(12)21-16;/h5-6,9,12,15-16,21H,1-4,7-8,10H2,(H,20,22);1H. The molecule has 23 heavy (non-hydrogen) atoms. The molecular weight excluding hydrogens is 383 g/mol. The molecule has 0 aromatic heterocycles. The van der Waals surface area contributed by atoms with Gasteiger partial charge in [0.05, 0.1) is 6.04 Å². The lowest BCUT2D eigenvalue weighted by atomic mass is 9.85. The molecule has 1 saturated carbocycles. The summed E-state index contributed by atoms with van der Waals surface area (Å²) in [5.74, 6) is 0.499. The Balaban J connectivity index is 0.00000192. The van der Waals surface area contributed by atoms with Crippen LogP contribution in [0.2, 0.25) is 0 Å². The van der Waals surface area contributed by atoms with Crippen molar-refractivity contribution in [2.24, 2.45) is 5.92 Å². The largest absolute Gasteiger partial charge is 0.354 e. The number of rotatable bonds is 4. The second kappa shape index (κ2) is 8.45. The third-order valence-corrected chi connectivity index (χ3v) is 5.37. The van der Waals surface area contributed by atoms with Crippen molar-refractivity contribution >= 4 is 34.2 Å². The fourth-order valence-electron chi connectivity index (χ4n) is 3.70. The molecule has 0 radical (unpaired) electrons. The molecule has 1 aromatic rings. The number of nitrogens with one attached hydrogen (secondary N) is 2. The summed E-state index contributed by atoms with van der Waals surface area (Å²) in [7, 11) is 0. The van der Waals surface area contributed by atoms with Crippen LogP contribution in [-0.4, -0.2) is 24.5 Å². The van der Waals surface area contributed by atoms with E-state index in [0.29, 0.717) is 30.5 Å². The normalized spacial score (nSPS) is 26.3. The van der Waals surface area contributed by atoms with Gasteiger partial charge in [-0.1, -0.05) is 28.8 Å². The van der Waals surface area contributed by atoms with Gasteiger partial charge < -0.3 is 10.6 Å². The molecule has 3 atom stereocenters. The maximum Gasteiger partial charge on any atom is 0.237 e. The monoisotopic (exact) mass is 404 g/mol. The van der Waals surface area contributed by atoms with Gasteiger partial charge in [-0.3, -0.25) is 4.79 Å².